The number of ketones is 2. The van der Waals surface area contributed by atoms with Gasteiger partial charge in [0, 0.05) is 22.3 Å². The van der Waals surface area contributed by atoms with Gasteiger partial charge in [0.1, 0.15) is 0 Å². The molecule has 0 heterocycles. The third-order valence-electron chi connectivity index (χ3n) is 5.66. The molecule has 1 saturated carbocycles. The van der Waals surface area contributed by atoms with Crippen molar-refractivity contribution in [3.63, 3.8) is 0 Å². The number of carbonyl (C=O) groups is 2. The molecule has 2 nitrogen and oxygen atoms in total. The Bertz CT molecular complexity index is 777. The van der Waals surface area contributed by atoms with Gasteiger partial charge in [0.2, 0.25) is 0 Å². The quantitative estimate of drug-likeness (QED) is 0.695. The Hall–Kier alpha value is -1.96. The Kier molecular flexibility index (Phi) is 4.11. The SMILES string of the molecule is CC1=C(C(C)(C)C/C=C(\C)C2CC2C)C(=O)c2ccccc2C1=O. The lowest BCUT2D eigenvalue weighted by Crippen LogP contribution is -2.29. The van der Waals surface area contributed by atoms with Gasteiger partial charge in [-0.3, -0.25) is 9.59 Å². The van der Waals surface area contributed by atoms with Crippen molar-refractivity contribution in [2.24, 2.45) is 17.3 Å². The molecule has 2 aliphatic rings. The average Bonchev–Trinajstić information content (AvgIpc) is 3.27. The molecule has 2 atom stereocenters. The lowest BCUT2D eigenvalue weighted by Gasteiger charge is -2.31. The second-order valence-corrected chi connectivity index (χ2v) is 8.06. The van der Waals surface area contributed by atoms with Gasteiger partial charge in [-0.2, -0.15) is 0 Å². The van der Waals surface area contributed by atoms with Crippen molar-refractivity contribution in [1.82, 2.24) is 0 Å². The highest BCUT2D eigenvalue weighted by molar-refractivity contribution is 6.27. The van der Waals surface area contributed by atoms with Gasteiger partial charge in [-0.25, -0.2) is 0 Å². The molecule has 3 rings (SSSR count). The van der Waals surface area contributed by atoms with Crippen molar-refractivity contribution in [3.8, 4) is 0 Å². The summed E-state index contributed by atoms with van der Waals surface area (Å²) in [4.78, 5) is 25.7. The summed E-state index contributed by atoms with van der Waals surface area (Å²) < 4.78 is 0. The molecule has 0 spiro atoms. The number of fused-ring (bicyclic) bond motifs is 1. The zero-order chi connectivity index (χ0) is 17.6. The largest absolute Gasteiger partial charge is 0.289 e. The van der Waals surface area contributed by atoms with Crippen molar-refractivity contribution >= 4 is 11.6 Å². The van der Waals surface area contributed by atoms with Crippen LogP contribution in [-0.4, -0.2) is 11.6 Å². The number of rotatable bonds is 4. The molecule has 2 unspecified atom stereocenters. The van der Waals surface area contributed by atoms with Crippen LogP contribution in [0, 0.1) is 17.3 Å². The van der Waals surface area contributed by atoms with E-state index >= 15 is 0 Å². The molecule has 0 radical (unpaired) electrons. The molecule has 2 heteroatoms. The molecular formula is C22H26O2. The van der Waals surface area contributed by atoms with Gasteiger partial charge in [0.15, 0.2) is 11.6 Å². The van der Waals surface area contributed by atoms with Gasteiger partial charge in [-0.05, 0) is 43.9 Å². The monoisotopic (exact) mass is 322 g/mol. The maximum Gasteiger partial charge on any atom is 0.190 e. The van der Waals surface area contributed by atoms with Crippen LogP contribution in [0.4, 0.5) is 0 Å². The van der Waals surface area contributed by atoms with E-state index in [1.807, 2.05) is 12.1 Å². The molecule has 1 fully saturated rings. The van der Waals surface area contributed by atoms with Crippen LogP contribution >= 0.6 is 0 Å². The Morgan fingerprint density at radius 3 is 2.25 bits per heavy atom. The van der Waals surface area contributed by atoms with Crippen LogP contribution in [0.1, 0.15) is 68.2 Å². The van der Waals surface area contributed by atoms with Gasteiger partial charge < -0.3 is 0 Å². The maximum atomic E-state index is 13.0. The molecule has 0 amide bonds. The van der Waals surface area contributed by atoms with Crippen LogP contribution in [-0.2, 0) is 0 Å². The number of carbonyl (C=O) groups excluding carboxylic acids is 2. The fourth-order valence-electron chi connectivity index (χ4n) is 3.94. The van der Waals surface area contributed by atoms with Gasteiger partial charge >= 0.3 is 0 Å². The van der Waals surface area contributed by atoms with Crippen LogP contribution in [0.25, 0.3) is 0 Å². The summed E-state index contributed by atoms with van der Waals surface area (Å²) in [5.74, 6) is 1.50. The van der Waals surface area contributed by atoms with Gasteiger partial charge in [-0.1, -0.05) is 56.7 Å². The van der Waals surface area contributed by atoms with Crippen molar-refractivity contribution < 1.29 is 9.59 Å². The smallest absolute Gasteiger partial charge is 0.190 e. The summed E-state index contributed by atoms with van der Waals surface area (Å²) in [5, 5.41) is 0. The molecule has 24 heavy (non-hydrogen) atoms. The normalized spacial score (nSPS) is 24.3. The average molecular weight is 322 g/mol. The van der Waals surface area contributed by atoms with E-state index in [1.165, 1.54) is 12.0 Å². The first-order chi connectivity index (χ1) is 11.2. The zero-order valence-corrected chi connectivity index (χ0v) is 15.3. The van der Waals surface area contributed by atoms with E-state index in [9.17, 15) is 9.59 Å². The van der Waals surface area contributed by atoms with E-state index in [0.717, 1.165) is 12.3 Å². The Balaban J connectivity index is 1.93. The van der Waals surface area contributed by atoms with E-state index in [-0.39, 0.29) is 17.0 Å². The molecule has 0 aliphatic heterocycles. The van der Waals surface area contributed by atoms with Crippen molar-refractivity contribution in [2.45, 2.75) is 47.5 Å². The summed E-state index contributed by atoms with van der Waals surface area (Å²) in [5.41, 5.74) is 3.45. The van der Waals surface area contributed by atoms with E-state index < -0.39 is 0 Å². The standard InChI is InChI=1S/C22H26O2/c1-13(18-12-14(18)2)10-11-22(4,5)19-15(3)20(23)16-8-6-7-9-17(16)21(19)24/h6-10,14,18H,11-12H2,1-5H3/b13-10+. The van der Waals surface area contributed by atoms with E-state index in [1.54, 1.807) is 19.1 Å². The molecule has 0 saturated heterocycles. The third-order valence-corrected chi connectivity index (χ3v) is 5.66. The summed E-state index contributed by atoms with van der Waals surface area (Å²) in [6.07, 6.45) is 4.33. The van der Waals surface area contributed by atoms with Gasteiger partial charge in [0.25, 0.3) is 0 Å². The molecule has 1 aromatic carbocycles. The number of benzene rings is 1. The molecule has 0 bridgehead atoms. The molecule has 126 valence electrons. The second kappa shape index (κ2) is 5.84. The van der Waals surface area contributed by atoms with Crippen LogP contribution in [0.15, 0.2) is 47.1 Å². The number of hydrogen-bond donors (Lipinski definition) is 0. The summed E-state index contributed by atoms with van der Waals surface area (Å²) in [6.45, 7) is 10.4. The Morgan fingerprint density at radius 1 is 1.17 bits per heavy atom. The first-order valence-corrected chi connectivity index (χ1v) is 8.80. The van der Waals surface area contributed by atoms with Crippen LogP contribution in [0.3, 0.4) is 0 Å². The Morgan fingerprint density at radius 2 is 1.71 bits per heavy atom. The first kappa shape index (κ1) is 16.9. The van der Waals surface area contributed by atoms with Crippen LogP contribution < -0.4 is 0 Å². The predicted molar refractivity (Wildman–Crippen MR) is 97.2 cm³/mol. The second-order valence-electron chi connectivity index (χ2n) is 8.06. The number of hydrogen-bond acceptors (Lipinski definition) is 2. The van der Waals surface area contributed by atoms with E-state index in [0.29, 0.717) is 28.2 Å². The van der Waals surface area contributed by atoms with Gasteiger partial charge in [-0.15, -0.1) is 0 Å². The highest BCUT2D eigenvalue weighted by Gasteiger charge is 2.38. The topological polar surface area (TPSA) is 34.1 Å². The minimum Gasteiger partial charge on any atom is -0.289 e. The third kappa shape index (κ3) is 2.79. The lowest BCUT2D eigenvalue weighted by atomic mass is 9.70. The van der Waals surface area contributed by atoms with E-state index in [4.69, 9.17) is 0 Å². The Labute approximate surface area is 144 Å². The molecule has 2 aliphatic carbocycles. The first-order valence-electron chi connectivity index (χ1n) is 8.80. The van der Waals surface area contributed by atoms with E-state index in [2.05, 4.69) is 33.8 Å². The molecule has 0 aromatic heterocycles. The predicted octanol–water partition coefficient (Wildman–Crippen LogP) is 5.40. The fourth-order valence-corrected chi connectivity index (χ4v) is 3.94. The molecular weight excluding hydrogens is 296 g/mol. The minimum absolute atomic E-state index is 0.00945. The summed E-state index contributed by atoms with van der Waals surface area (Å²) in [7, 11) is 0. The van der Waals surface area contributed by atoms with Crippen molar-refractivity contribution in [1.29, 1.82) is 0 Å². The minimum atomic E-state index is -0.344. The number of Topliss-reactive ketones (excluding diaryl/α,β-unsaturated/α-hetero) is 2. The molecule has 0 N–H and O–H groups in total. The highest BCUT2D eigenvalue weighted by Crippen LogP contribution is 2.45. The van der Waals surface area contributed by atoms with Gasteiger partial charge in [0.05, 0.1) is 0 Å². The summed E-state index contributed by atoms with van der Waals surface area (Å²) in [6, 6.07) is 7.16. The number of allylic oxidation sites excluding steroid dienone is 4. The van der Waals surface area contributed by atoms with Crippen molar-refractivity contribution in [3.05, 3.63) is 58.2 Å². The zero-order valence-electron chi connectivity index (χ0n) is 15.3. The molecule has 1 aromatic rings. The van der Waals surface area contributed by atoms with Crippen LogP contribution in [0.2, 0.25) is 0 Å². The maximum absolute atomic E-state index is 13.0. The van der Waals surface area contributed by atoms with Crippen LogP contribution in [0.5, 0.6) is 0 Å². The summed E-state index contributed by atoms with van der Waals surface area (Å²) >= 11 is 0. The lowest BCUT2D eigenvalue weighted by molar-refractivity contribution is 0.0954. The fraction of sp³-hybridized carbons (Fsp3) is 0.455. The van der Waals surface area contributed by atoms with Crippen molar-refractivity contribution in [2.75, 3.05) is 0 Å². The highest BCUT2D eigenvalue weighted by atomic mass is 16.1.